The summed E-state index contributed by atoms with van der Waals surface area (Å²) in [5.74, 6) is -5.88. The van der Waals surface area contributed by atoms with Crippen molar-refractivity contribution >= 4 is 23.3 Å². The molecule has 4 fully saturated rings. The summed E-state index contributed by atoms with van der Waals surface area (Å²) in [5, 5.41) is 45.4. The van der Waals surface area contributed by atoms with Gasteiger partial charge in [0.25, 0.3) is 0 Å². The van der Waals surface area contributed by atoms with Gasteiger partial charge in [-0.2, -0.15) is 0 Å². The van der Waals surface area contributed by atoms with Gasteiger partial charge in [-0.25, -0.2) is 0 Å². The Hall–Kier alpha value is -4.04. The zero-order valence-corrected chi connectivity index (χ0v) is 33.9. The van der Waals surface area contributed by atoms with E-state index in [1.165, 1.54) is 6.07 Å². The molecule has 0 saturated carbocycles. The van der Waals surface area contributed by atoms with Crippen LogP contribution >= 0.6 is 0 Å². The van der Waals surface area contributed by atoms with Crippen LogP contribution in [0.2, 0.25) is 0 Å². The molecule has 2 aromatic carbocycles. The topological polar surface area (TPSA) is 226 Å². The van der Waals surface area contributed by atoms with Crippen molar-refractivity contribution < 1.29 is 77.5 Å². The van der Waals surface area contributed by atoms with Gasteiger partial charge in [-0.1, -0.05) is 6.92 Å². The fourth-order valence-electron chi connectivity index (χ4n) is 9.77. The number of hydrogen-bond donors (Lipinski definition) is 4. The van der Waals surface area contributed by atoms with Crippen molar-refractivity contribution in [1.82, 2.24) is 4.90 Å². The second kappa shape index (κ2) is 15.5. The van der Waals surface area contributed by atoms with Crippen LogP contribution in [-0.2, 0) is 47.5 Å². The predicted octanol–water partition coefficient (Wildman–Crippen LogP) is 2.88. The Balaban J connectivity index is 1.07. The van der Waals surface area contributed by atoms with E-state index < -0.39 is 131 Å². The van der Waals surface area contributed by atoms with Gasteiger partial charge < -0.3 is 63.2 Å². The fraction of sp³-hybridized carbons (Fsp3) is 0.619. The predicted molar refractivity (Wildman–Crippen MR) is 201 cm³/mol. The van der Waals surface area contributed by atoms with Crippen molar-refractivity contribution in [3.8, 4) is 17.2 Å². The van der Waals surface area contributed by atoms with E-state index in [1.54, 1.807) is 13.8 Å². The lowest BCUT2D eigenvalue weighted by molar-refractivity contribution is -0.371. The van der Waals surface area contributed by atoms with Crippen molar-refractivity contribution in [2.24, 2.45) is 0 Å². The summed E-state index contributed by atoms with van der Waals surface area (Å²) in [7, 11) is 4.92. The number of esters is 1. The number of rotatable bonds is 7. The molecule has 17 heteroatoms. The minimum atomic E-state index is -1.80. The Morgan fingerprint density at radius 1 is 0.864 bits per heavy atom. The normalized spacial score (nSPS) is 37.8. The van der Waals surface area contributed by atoms with E-state index in [4.69, 9.17) is 37.9 Å². The lowest BCUT2D eigenvalue weighted by Gasteiger charge is -2.51. The van der Waals surface area contributed by atoms with Gasteiger partial charge in [0.1, 0.15) is 47.6 Å². The van der Waals surface area contributed by atoms with Crippen LogP contribution in [0.1, 0.15) is 115 Å². The molecule has 0 unspecified atom stereocenters. The lowest BCUT2D eigenvalue weighted by Crippen LogP contribution is -2.62. The van der Waals surface area contributed by atoms with Crippen LogP contribution in [0.5, 0.6) is 17.2 Å². The minimum absolute atomic E-state index is 0.00735. The second-order valence-electron chi connectivity index (χ2n) is 16.7. The highest BCUT2D eigenvalue weighted by atomic mass is 16.8. The smallest absolute Gasteiger partial charge is 0.316 e. The maximum absolute atomic E-state index is 14.0. The molecule has 0 bridgehead atoms. The first kappa shape index (κ1) is 41.7. The van der Waals surface area contributed by atoms with Crippen molar-refractivity contribution in [3.05, 3.63) is 51.6 Å². The molecule has 4 heterocycles. The summed E-state index contributed by atoms with van der Waals surface area (Å²) >= 11 is 0. The first-order valence-electron chi connectivity index (χ1n) is 20.1. The van der Waals surface area contributed by atoms with Crippen LogP contribution in [0.25, 0.3) is 0 Å². The molecule has 4 aliphatic heterocycles. The number of likely N-dealkylation sites (N-methyl/N-ethyl adjacent to an activating group) is 1. The standard InChI is InChI=1S/C42H51NO16/c1-8-42(51)15-27(30-19(34(42)40(50)52-7)11-20-31(36(30)48)37(49)33-23(45)10-9-22(44)32(33)35(20)47)57-28-12-21(43(5)6)38(17(3)53-28)58-29-14-25-39(18(4)54-29)59-41-26(56-25)13-24(46)16(2)55-41/h9-11,16-18,21,25-29,34,38-39,41,44-45,48,51H,8,12-15H2,1-7H3/t16-,17-,18-,21-,25-,26+,27-,28+,29+,34-,38+,39+,41+,42-/m0/s1. The van der Waals surface area contributed by atoms with Crippen molar-refractivity contribution in [2.75, 3.05) is 21.2 Å². The molecule has 2 aliphatic carbocycles. The number of benzene rings is 2. The van der Waals surface area contributed by atoms with Gasteiger partial charge in [-0.15, -0.1) is 0 Å². The van der Waals surface area contributed by atoms with Gasteiger partial charge in [0.05, 0.1) is 53.8 Å². The van der Waals surface area contributed by atoms with Crippen molar-refractivity contribution in [1.29, 1.82) is 0 Å². The van der Waals surface area contributed by atoms with Crippen LogP contribution in [0.3, 0.4) is 0 Å². The Morgan fingerprint density at radius 2 is 1.53 bits per heavy atom. The summed E-state index contributed by atoms with van der Waals surface area (Å²) in [6.45, 7) is 7.07. The minimum Gasteiger partial charge on any atom is -0.507 e. The van der Waals surface area contributed by atoms with E-state index in [0.717, 1.165) is 19.2 Å². The molecule has 0 aromatic heterocycles. The molecule has 59 heavy (non-hydrogen) atoms. The number of ketones is 3. The molecule has 2 aromatic rings. The molecule has 17 nitrogen and oxygen atoms in total. The van der Waals surface area contributed by atoms with Crippen LogP contribution in [0.15, 0.2) is 18.2 Å². The molecule has 320 valence electrons. The third-order valence-corrected chi connectivity index (χ3v) is 12.9. The van der Waals surface area contributed by atoms with E-state index in [9.17, 15) is 39.6 Å². The summed E-state index contributed by atoms with van der Waals surface area (Å²) in [6.07, 6.45) is -6.48. The number of Topliss-reactive ketones (excluding diaryl/α,β-unsaturated/α-hetero) is 1. The molecule has 0 amide bonds. The molecular weight excluding hydrogens is 774 g/mol. The number of carbonyl (C=O) groups excluding carboxylic acids is 4. The third kappa shape index (κ3) is 6.93. The first-order chi connectivity index (χ1) is 28.0. The molecular formula is C42H51NO16. The van der Waals surface area contributed by atoms with Crippen molar-refractivity contribution in [2.45, 2.75) is 145 Å². The fourth-order valence-corrected chi connectivity index (χ4v) is 9.77. The largest absolute Gasteiger partial charge is 0.507 e. The van der Waals surface area contributed by atoms with Gasteiger partial charge in [-0.05, 0) is 65.0 Å². The van der Waals surface area contributed by atoms with Crippen LogP contribution < -0.4 is 0 Å². The van der Waals surface area contributed by atoms with E-state index >= 15 is 0 Å². The molecule has 8 rings (SSSR count). The molecule has 4 saturated heterocycles. The maximum Gasteiger partial charge on any atom is 0.316 e. The quantitative estimate of drug-likeness (QED) is 0.198. The Morgan fingerprint density at radius 3 is 2.19 bits per heavy atom. The number of fused-ring (bicyclic) bond motifs is 5. The van der Waals surface area contributed by atoms with Crippen LogP contribution in [0, 0.1) is 0 Å². The van der Waals surface area contributed by atoms with Gasteiger partial charge in [0, 0.05) is 42.9 Å². The highest BCUT2D eigenvalue weighted by Gasteiger charge is 2.55. The van der Waals surface area contributed by atoms with Crippen LogP contribution in [0.4, 0.5) is 0 Å². The zero-order valence-electron chi connectivity index (χ0n) is 33.9. The van der Waals surface area contributed by atoms with Gasteiger partial charge in [0.2, 0.25) is 5.78 Å². The Bertz CT molecular complexity index is 2050. The van der Waals surface area contributed by atoms with Gasteiger partial charge >= 0.3 is 5.97 Å². The average molecular weight is 826 g/mol. The summed E-state index contributed by atoms with van der Waals surface area (Å²) in [6, 6.07) is 3.08. The first-order valence-corrected chi connectivity index (χ1v) is 20.1. The number of nitrogens with zero attached hydrogens (tertiary/aromatic N) is 1. The average Bonchev–Trinajstić information content (AvgIpc) is 3.18. The van der Waals surface area contributed by atoms with E-state index in [2.05, 4.69) is 0 Å². The number of hydrogen-bond acceptors (Lipinski definition) is 17. The Labute approximate surface area is 340 Å². The van der Waals surface area contributed by atoms with Gasteiger partial charge in [0.15, 0.2) is 30.4 Å². The number of aromatic hydroxyl groups is 3. The summed E-state index contributed by atoms with van der Waals surface area (Å²) in [5.41, 5.74) is -3.51. The highest BCUT2D eigenvalue weighted by Crippen LogP contribution is 2.54. The molecule has 14 atom stereocenters. The molecule has 6 aliphatic rings. The second-order valence-corrected chi connectivity index (χ2v) is 16.7. The monoisotopic (exact) mass is 825 g/mol. The summed E-state index contributed by atoms with van der Waals surface area (Å²) < 4.78 is 49.5. The van der Waals surface area contributed by atoms with Gasteiger partial charge in [-0.3, -0.25) is 19.2 Å². The van der Waals surface area contributed by atoms with E-state index in [0.29, 0.717) is 6.42 Å². The summed E-state index contributed by atoms with van der Waals surface area (Å²) in [4.78, 5) is 55.7. The zero-order chi connectivity index (χ0) is 42.4. The van der Waals surface area contributed by atoms with Crippen LogP contribution in [-0.4, -0.2) is 143 Å². The SMILES string of the molecule is CC[C@]1(O)C[C@H](O[C@@H]2C[C@H](N(C)C)[C@H](O[C@@H]3C[C@@H]4O[C@@H]5CC(=O)[C@H](C)O[C@@H]5O[C@@H]4[C@H](C)O3)[C@H](C)O2)c2c(cc3c(c2O)C(=O)c2c(O)ccc(O)c2C3=O)[C@H]1C(=O)OC. The molecule has 0 radical (unpaired) electrons. The number of methoxy groups -OCH3 is 1. The van der Waals surface area contributed by atoms with Crippen molar-refractivity contribution in [3.63, 3.8) is 0 Å². The third-order valence-electron chi connectivity index (χ3n) is 12.9. The number of ether oxygens (including phenoxy) is 8. The number of phenolic OH excluding ortho intramolecular Hbond substituents is 3. The van der Waals surface area contributed by atoms with E-state index in [1.807, 2.05) is 32.8 Å². The van der Waals surface area contributed by atoms with E-state index in [-0.39, 0.29) is 54.2 Å². The molecule has 0 spiro atoms. The molecule has 4 N–H and O–H groups in total. The number of carbonyl (C=O) groups is 4. The number of phenols is 3. The number of aliphatic hydroxyl groups is 1. The lowest BCUT2D eigenvalue weighted by atomic mass is 9.67. The Kier molecular flexibility index (Phi) is 10.9. The maximum atomic E-state index is 14.0. The highest BCUT2D eigenvalue weighted by molar-refractivity contribution is 6.31.